The van der Waals surface area contributed by atoms with Crippen molar-refractivity contribution in [1.82, 2.24) is 4.31 Å². The third kappa shape index (κ3) is 3.67. The average Bonchev–Trinajstić information content (AvgIpc) is 2.77. The Morgan fingerprint density at radius 1 is 1.32 bits per heavy atom. The van der Waals surface area contributed by atoms with E-state index in [9.17, 15) is 8.42 Å². The van der Waals surface area contributed by atoms with Gasteiger partial charge < -0.3 is 0 Å². The zero-order valence-corrected chi connectivity index (χ0v) is 14.2. The number of halogens is 1. The smallest absolute Gasteiger partial charge is 0.206 e. The lowest BCUT2D eigenvalue weighted by Gasteiger charge is -2.33. The molecule has 2 rings (SSSR count). The molecule has 2 heterocycles. The summed E-state index contributed by atoms with van der Waals surface area (Å²) in [7, 11) is -3.33. The van der Waals surface area contributed by atoms with Crippen molar-refractivity contribution in [3.8, 4) is 0 Å². The highest BCUT2D eigenvalue weighted by Crippen LogP contribution is 2.31. The molecule has 0 N–H and O–H groups in total. The first-order valence-electron chi connectivity index (χ1n) is 6.23. The minimum atomic E-state index is -3.33. The van der Waals surface area contributed by atoms with Crippen molar-refractivity contribution in [3.05, 3.63) is 17.0 Å². The van der Waals surface area contributed by atoms with Gasteiger partial charge in [-0.1, -0.05) is 13.8 Å². The second-order valence-electron chi connectivity index (χ2n) is 4.74. The number of hydrogen-bond acceptors (Lipinski definition) is 4. The summed E-state index contributed by atoms with van der Waals surface area (Å²) in [5.74, 6) is 0.522. The van der Waals surface area contributed by atoms with Crippen molar-refractivity contribution in [1.29, 1.82) is 0 Å². The lowest BCUT2D eigenvalue weighted by atomic mass is 10.4. The molecule has 1 aliphatic rings. The first kappa shape index (κ1) is 15.6. The maximum absolute atomic E-state index is 12.6. The Kier molecular flexibility index (Phi) is 5.22. The van der Waals surface area contributed by atoms with E-state index in [1.165, 1.54) is 11.3 Å². The van der Waals surface area contributed by atoms with E-state index in [4.69, 9.17) is 11.6 Å². The maximum Gasteiger partial charge on any atom is 0.252 e. The van der Waals surface area contributed by atoms with Gasteiger partial charge in [-0.3, -0.25) is 0 Å². The molecule has 0 bridgehead atoms. The number of hydrogen-bond donors (Lipinski definition) is 0. The Bertz CT molecular complexity index is 519. The number of aryl methyl sites for hydroxylation is 1. The fraction of sp³-hybridized carbons (Fsp3) is 0.667. The van der Waals surface area contributed by atoms with Crippen molar-refractivity contribution in [2.75, 3.05) is 19.0 Å². The van der Waals surface area contributed by atoms with Crippen LogP contribution in [0.5, 0.6) is 0 Å². The molecule has 1 aromatic heterocycles. The summed E-state index contributed by atoms with van der Waals surface area (Å²) in [5, 5.41) is 0.696. The van der Waals surface area contributed by atoms with E-state index < -0.39 is 10.0 Å². The van der Waals surface area contributed by atoms with Gasteiger partial charge in [0, 0.05) is 34.3 Å². The molecule has 0 aromatic carbocycles. The van der Waals surface area contributed by atoms with E-state index in [1.54, 1.807) is 10.4 Å². The zero-order chi connectivity index (χ0) is 14.0. The highest BCUT2D eigenvalue weighted by atomic mass is 35.5. The minimum absolute atomic E-state index is 0.348. The Hall–Kier alpha value is 0.250. The van der Waals surface area contributed by atoms with Crippen LogP contribution < -0.4 is 0 Å². The van der Waals surface area contributed by atoms with E-state index in [0.29, 0.717) is 33.7 Å². The van der Waals surface area contributed by atoms with Crippen LogP contribution in [0.4, 0.5) is 0 Å². The second-order valence-corrected chi connectivity index (χ2v) is 10.3. The van der Waals surface area contributed by atoms with Crippen LogP contribution in [0.3, 0.4) is 0 Å². The molecule has 0 spiro atoms. The molecule has 1 aromatic rings. The zero-order valence-electron chi connectivity index (χ0n) is 11.0. The van der Waals surface area contributed by atoms with E-state index in [0.717, 1.165) is 11.3 Å². The summed E-state index contributed by atoms with van der Waals surface area (Å²) in [6.45, 7) is 5.35. The molecule has 1 saturated heterocycles. The van der Waals surface area contributed by atoms with Crippen LogP contribution in [0, 0.1) is 0 Å². The van der Waals surface area contributed by atoms with Gasteiger partial charge in [0.25, 0.3) is 10.0 Å². The first-order chi connectivity index (χ1) is 8.93. The van der Waals surface area contributed by atoms with Gasteiger partial charge in [-0.05, 0) is 18.6 Å². The molecule has 3 nitrogen and oxygen atoms in total. The van der Waals surface area contributed by atoms with Crippen LogP contribution in [0.25, 0.3) is 0 Å². The normalized spacial score (nSPS) is 25.6. The summed E-state index contributed by atoms with van der Waals surface area (Å²) >= 11 is 8.88. The fourth-order valence-corrected chi connectivity index (χ4v) is 7.14. The Morgan fingerprint density at radius 2 is 1.95 bits per heavy atom. The predicted molar refractivity (Wildman–Crippen MR) is 84.0 cm³/mol. The Balaban J connectivity index is 2.20. The maximum atomic E-state index is 12.6. The molecular weight excluding hydrogens is 322 g/mol. The molecule has 2 unspecified atom stereocenters. The highest BCUT2D eigenvalue weighted by Gasteiger charge is 2.32. The van der Waals surface area contributed by atoms with Crippen LogP contribution >= 0.6 is 34.7 Å². The van der Waals surface area contributed by atoms with Gasteiger partial charge in [0.2, 0.25) is 0 Å². The van der Waals surface area contributed by atoms with Gasteiger partial charge in [-0.25, -0.2) is 8.42 Å². The topological polar surface area (TPSA) is 37.4 Å². The van der Waals surface area contributed by atoms with E-state index in [1.807, 2.05) is 17.8 Å². The van der Waals surface area contributed by atoms with Gasteiger partial charge in [-0.15, -0.1) is 22.9 Å². The van der Waals surface area contributed by atoms with Crippen molar-refractivity contribution >= 4 is 44.7 Å². The van der Waals surface area contributed by atoms with Crippen LogP contribution in [-0.2, 0) is 16.4 Å². The SMILES string of the molecule is CC1CN(S(=O)(=O)c2ccc(CCCl)s2)CC(C)S1. The van der Waals surface area contributed by atoms with Crippen LogP contribution in [0.15, 0.2) is 16.3 Å². The first-order valence-corrected chi connectivity index (χ1v) is 9.97. The fourth-order valence-electron chi connectivity index (χ4n) is 2.18. The largest absolute Gasteiger partial charge is 0.252 e. The lowest BCUT2D eigenvalue weighted by molar-refractivity contribution is 0.406. The number of thiophene rings is 1. The van der Waals surface area contributed by atoms with Crippen LogP contribution in [0.1, 0.15) is 18.7 Å². The summed E-state index contributed by atoms with van der Waals surface area (Å²) in [6, 6.07) is 3.57. The summed E-state index contributed by atoms with van der Waals surface area (Å²) in [5.41, 5.74) is 0. The highest BCUT2D eigenvalue weighted by molar-refractivity contribution is 8.00. The molecule has 1 aliphatic heterocycles. The van der Waals surface area contributed by atoms with Crippen molar-refractivity contribution in [3.63, 3.8) is 0 Å². The van der Waals surface area contributed by atoms with Gasteiger partial charge in [0.05, 0.1) is 0 Å². The summed E-state index contributed by atoms with van der Waals surface area (Å²) in [6.07, 6.45) is 0.727. The average molecular weight is 340 g/mol. The molecule has 0 saturated carbocycles. The number of alkyl halides is 1. The van der Waals surface area contributed by atoms with Gasteiger partial charge in [-0.2, -0.15) is 16.1 Å². The molecule has 2 atom stereocenters. The van der Waals surface area contributed by atoms with Crippen LogP contribution in [0.2, 0.25) is 0 Å². The van der Waals surface area contributed by atoms with E-state index >= 15 is 0 Å². The molecule has 0 radical (unpaired) electrons. The standard InChI is InChI=1S/C12H18ClNO2S3/c1-9-7-14(8-10(2)17-9)19(15,16)12-4-3-11(18-12)5-6-13/h3-4,9-10H,5-8H2,1-2H3. The molecule has 1 fully saturated rings. The number of rotatable bonds is 4. The minimum Gasteiger partial charge on any atom is -0.206 e. The molecule has 0 amide bonds. The van der Waals surface area contributed by atoms with Crippen molar-refractivity contribution in [2.24, 2.45) is 0 Å². The number of sulfonamides is 1. The van der Waals surface area contributed by atoms with Gasteiger partial charge in [0.15, 0.2) is 0 Å². The van der Waals surface area contributed by atoms with E-state index in [-0.39, 0.29) is 0 Å². The quantitative estimate of drug-likeness (QED) is 0.791. The molecular formula is C12H18ClNO2S3. The monoisotopic (exact) mass is 339 g/mol. The summed E-state index contributed by atoms with van der Waals surface area (Å²) < 4.78 is 27.2. The second kappa shape index (κ2) is 6.35. The number of nitrogens with zero attached hydrogens (tertiary/aromatic N) is 1. The third-order valence-corrected chi connectivity index (χ3v) is 7.82. The van der Waals surface area contributed by atoms with E-state index in [2.05, 4.69) is 13.8 Å². The Labute approximate surface area is 128 Å². The number of thioether (sulfide) groups is 1. The predicted octanol–water partition coefficient (Wildman–Crippen LogP) is 3.04. The van der Waals surface area contributed by atoms with Gasteiger partial charge in [0.1, 0.15) is 4.21 Å². The molecule has 108 valence electrons. The van der Waals surface area contributed by atoms with Gasteiger partial charge >= 0.3 is 0 Å². The molecule has 19 heavy (non-hydrogen) atoms. The molecule has 0 aliphatic carbocycles. The van der Waals surface area contributed by atoms with Crippen molar-refractivity contribution in [2.45, 2.75) is 35.0 Å². The lowest BCUT2D eigenvalue weighted by Crippen LogP contribution is -2.43. The Morgan fingerprint density at radius 3 is 2.53 bits per heavy atom. The molecule has 7 heteroatoms. The summed E-state index contributed by atoms with van der Waals surface area (Å²) in [4.78, 5) is 1.03. The van der Waals surface area contributed by atoms with Crippen molar-refractivity contribution < 1.29 is 8.42 Å². The van der Waals surface area contributed by atoms with Crippen LogP contribution in [-0.4, -0.2) is 42.2 Å². The third-order valence-electron chi connectivity index (χ3n) is 2.96.